The molecule has 0 amide bonds. The molecule has 0 saturated heterocycles. The van der Waals surface area contributed by atoms with E-state index in [-0.39, 0.29) is 18.4 Å². The maximum absolute atomic E-state index is 11.3. The number of carbonyl (C=O) groups excluding carboxylic acids is 1. The Morgan fingerprint density at radius 1 is 0.792 bits per heavy atom. The first-order chi connectivity index (χ1) is 11.2. The second-order valence-corrected chi connectivity index (χ2v) is 6.72. The van der Waals surface area contributed by atoms with Gasteiger partial charge in [-0.2, -0.15) is 0 Å². The fourth-order valence-corrected chi connectivity index (χ4v) is 2.62. The van der Waals surface area contributed by atoms with E-state index in [9.17, 15) is 4.79 Å². The number of halogens is 1. The molecule has 0 saturated carbocycles. The summed E-state index contributed by atoms with van der Waals surface area (Å²) < 4.78 is 0. The minimum absolute atomic E-state index is 0. The second-order valence-electron chi connectivity index (χ2n) is 6.72. The summed E-state index contributed by atoms with van der Waals surface area (Å²) in [6, 6.07) is 0. The van der Waals surface area contributed by atoms with Crippen LogP contribution in [0.2, 0.25) is 0 Å². The Morgan fingerprint density at radius 2 is 1.25 bits per heavy atom. The molecule has 0 atom stereocenters. The summed E-state index contributed by atoms with van der Waals surface area (Å²) >= 11 is 0. The van der Waals surface area contributed by atoms with Crippen LogP contribution < -0.4 is 17.5 Å². The molecule has 0 aliphatic carbocycles. The number of carbonyl (C=O) groups is 1. The summed E-state index contributed by atoms with van der Waals surface area (Å²) in [4.78, 5) is 16.4. The molecular weight excluding hydrogens is 322 g/mol. The van der Waals surface area contributed by atoms with Crippen molar-refractivity contribution < 1.29 is 27.1 Å². The molecular formula is C20H40ClNO2. The molecule has 1 N–H and O–H groups in total. The molecule has 0 aliphatic rings. The number of allylic oxidation sites excluding steroid dienone is 2. The summed E-state index contributed by atoms with van der Waals surface area (Å²) in [5.41, 5.74) is 0. The standard InChI is InChI=1S/C20H39NO2.ClH/c1-4-5-6-7-8-9-10-11-12-13-14-15-16-17-18-19-20(22)23-21(2)3;/h11-12H,4-10,13-19H2,1-3H3;1H/b12-11-;. The number of rotatable bonds is 16. The number of quaternary nitrogens is 1. The Morgan fingerprint density at radius 3 is 1.75 bits per heavy atom. The number of hydrogen-bond acceptors (Lipinski definition) is 2. The van der Waals surface area contributed by atoms with Crippen LogP contribution >= 0.6 is 0 Å². The highest BCUT2D eigenvalue weighted by Crippen LogP contribution is 2.09. The predicted octanol–water partition coefficient (Wildman–Crippen LogP) is 1.63. The van der Waals surface area contributed by atoms with Crippen LogP contribution in [0.25, 0.3) is 0 Å². The topological polar surface area (TPSA) is 30.7 Å². The van der Waals surface area contributed by atoms with E-state index in [0.29, 0.717) is 6.42 Å². The smallest absolute Gasteiger partial charge is 0.366 e. The molecule has 0 radical (unpaired) electrons. The van der Waals surface area contributed by atoms with Gasteiger partial charge < -0.3 is 12.4 Å². The zero-order valence-electron chi connectivity index (χ0n) is 16.2. The van der Waals surface area contributed by atoms with Gasteiger partial charge in [0.25, 0.3) is 0 Å². The Bertz CT molecular complexity index is 293. The van der Waals surface area contributed by atoms with Crippen molar-refractivity contribution in [3.8, 4) is 0 Å². The van der Waals surface area contributed by atoms with E-state index in [2.05, 4.69) is 19.1 Å². The van der Waals surface area contributed by atoms with E-state index in [1.54, 1.807) is 0 Å². The van der Waals surface area contributed by atoms with Gasteiger partial charge in [-0.3, -0.25) is 4.84 Å². The molecule has 0 aromatic carbocycles. The Labute approximate surface area is 156 Å². The summed E-state index contributed by atoms with van der Waals surface area (Å²) in [6.45, 7) is 2.27. The van der Waals surface area contributed by atoms with Crippen LogP contribution in [0.5, 0.6) is 0 Å². The van der Waals surface area contributed by atoms with Crippen LogP contribution in [0.4, 0.5) is 0 Å². The van der Waals surface area contributed by atoms with Crippen molar-refractivity contribution in [1.29, 1.82) is 0 Å². The van der Waals surface area contributed by atoms with Crippen LogP contribution in [-0.2, 0) is 9.63 Å². The van der Waals surface area contributed by atoms with Crippen molar-refractivity contribution in [2.24, 2.45) is 0 Å². The van der Waals surface area contributed by atoms with E-state index in [1.165, 1.54) is 70.6 Å². The maximum atomic E-state index is 11.3. The van der Waals surface area contributed by atoms with Gasteiger partial charge in [-0.15, -0.1) is 5.06 Å². The van der Waals surface area contributed by atoms with Gasteiger partial charge in [0.05, 0.1) is 6.42 Å². The summed E-state index contributed by atoms with van der Waals surface area (Å²) in [6.07, 6.45) is 21.9. The van der Waals surface area contributed by atoms with E-state index < -0.39 is 0 Å². The zero-order chi connectivity index (χ0) is 17.2. The van der Waals surface area contributed by atoms with Crippen molar-refractivity contribution in [1.82, 2.24) is 0 Å². The minimum atomic E-state index is -0.0809. The summed E-state index contributed by atoms with van der Waals surface area (Å²) in [5, 5.41) is 0.739. The van der Waals surface area contributed by atoms with E-state index in [1.807, 2.05) is 14.1 Å². The van der Waals surface area contributed by atoms with Gasteiger partial charge >= 0.3 is 5.97 Å². The zero-order valence-corrected chi connectivity index (χ0v) is 17.0. The Kier molecular flexibility index (Phi) is 22.0. The van der Waals surface area contributed by atoms with Crippen LogP contribution in [-0.4, -0.2) is 20.1 Å². The van der Waals surface area contributed by atoms with Crippen LogP contribution in [0.3, 0.4) is 0 Å². The van der Waals surface area contributed by atoms with E-state index >= 15 is 0 Å². The molecule has 0 fully saturated rings. The number of nitrogens with one attached hydrogen (secondary N) is 1. The predicted molar refractivity (Wildman–Crippen MR) is 98.4 cm³/mol. The largest absolute Gasteiger partial charge is 1.00 e. The maximum Gasteiger partial charge on any atom is 0.366 e. The van der Waals surface area contributed by atoms with Gasteiger partial charge in [0.1, 0.15) is 14.1 Å². The van der Waals surface area contributed by atoms with Gasteiger partial charge in [0, 0.05) is 0 Å². The van der Waals surface area contributed by atoms with Crippen molar-refractivity contribution in [3.63, 3.8) is 0 Å². The first kappa shape index (κ1) is 25.7. The van der Waals surface area contributed by atoms with Crippen molar-refractivity contribution in [2.45, 2.75) is 96.8 Å². The molecule has 0 heterocycles. The molecule has 0 bridgehead atoms. The highest BCUT2D eigenvalue weighted by atomic mass is 35.5. The number of unbranched alkanes of at least 4 members (excludes halogenated alkanes) is 11. The first-order valence-corrected chi connectivity index (χ1v) is 9.82. The van der Waals surface area contributed by atoms with Gasteiger partial charge in [-0.05, 0) is 32.1 Å². The lowest BCUT2D eigenvalue weighted by Gasteiger charge is -2.05. The SMILES string of the molecule is CCCCCCCC/C=C\CCCCCCCC(=O)O[NH+](C)C.[Cl-]. The van der Waals surface area contributed by atoms with Crippen LogP contribution in [0.1, 0.15) is 96.8 Å². The van der Waals surface area contributed by atoms with Crippen molar-refractivity contribution in [3.05, 3.63) is 12.2 Å². The highest BCUT2D eigenvalue weighted by molar-refractivity contribution is 5.68. The molecule has 24 heavy (non-hydrogen) atoms. The number of hydrogen-bond donors (Lipinski definition) is 1. The van der Waals surface area contributed by atoms with Crippen LogP contribution in [0, 0.1) is 0 Å². The van der Waals surface area contributed by atoms with Crippen LogP contribution in [0.15, 0.2) is 12.2 Å². The van der Waals surface area contributed by atoms with Gasteiger partial charge in [0.2, 0.25) is 0 Å². The fraction of sp³-hybridized carbons (Fsp3) is 0.850. The molecule has 4 heteroatoms. The third-order valence-corrected chi connectivity index (χ3v) is 3.96. The second kappa shape index (κ2) is 20.5. The Balaban J connectivity index is 0. The van der Waals surface area contributed by atoms with Crippen molar-refractivity contribution in [2.75, 3.05) is 14.1 Å². The molecule has 0 aromatic heterocycles. The third-order valence-electron chi connectivity index (χ3n) is 3.96. The molecule has 0 aliphatic heterocycles. The molecule has 3 nitrogen and oxygen atoms in total. The molecule has 0 aromatic rings. The third kappa shape index (κ3) is 21.5. The molecule has 0 spiro atoms. The van der Waals surface area contributed by atoms with Gasteiger partial charge in [0.15, 0.2) is 0 Å². The van der Waals surface area contributed by atoms with Crippen molar-refractivity contribution >= 4 is 5.97 Å². The van der Waals surface area contributed by atoms with Gasteiger partial charge in [-0.1, -0.05) is 70.4 Å². The van der Waals surface area contributed by atoms with Gasteiger partial charge in [-0.25, -0.2) is 4.79 Å². The highest BCUT2D eigenvalue weighted by Gasteiger charge is 2.06. The molecule has 0 unspecified atom stereocenters. The average molecular weight is 362 g/mol. The van der Waals surface area contributed by atoms with E-state index in [0.717, 1.165) is 17.9 Å². The lowest BCUT2D eigenvalue weighted by Crippen LogP contribution is -3.05. The summed E-state index contributed by atoms with van der Waals surface area (Å²) in [7, 11) is 3.63. The summed E-state index contributed by atoms with van der Waals surface area (Å²) in [5.74, 6) is -0.0809. The minimum Gasteiger partial charge on any atom is -1.00 e. The molecule has 0 rings (SSSR count). The molecule has 144 valence electrons. The number of hydroxylamine groups is 2. The lowest BCUT2D eigenvalue weighted by atomic mass is 10.1. The lowest BCUT2D eigenvalue weighted by molar-refractivity contribution is -1.04. The Hall–Kier alpha value is -0.540. The normalized spacial score (nSPS) is 11.0. The monoisotopic (exact) mass is 361 g/mol. The first-order valence-electron chi connectivity index (χ1n) is 9.82. The van der Waals surface area contributed by atoms with E-state index in [4.69, 9.17) is 4.84 Å². The quantitative estimate of drug-likeness (QED) is 0.257. The fourth-order valence-electron chi connectivity index (χ4n) is 2.62. The average Bonchev–Trinajstić information content (AvgIpc) is 2.50.